The zero-order valence-electron chi connectivity index (χ0n) is 15.4. The molecule has 0 bridgehead atoms. The highest BCUT2D eigenvalue weighted by Crippen LogP contribution is 2.18. The van der Waals surface area contributed by atoms with E-state index in [1.165, 1.54) is 37.9 Å². The van der Waals surface area contributed by atoms with Crippen LogP contribution in [-0.2, 0) is 6.42 Å². The number of benzene rings is 1. The highest BCUT2D eigenvalue weighted by atomic mass is 15.2. The van der Waals surface area contributed by atoms with Gasteiger partial charge in [0.25, 0.3) is 0 Å². The van der Waals surface area contributed by atoms with E-state index in [-0.39, 0.29) is 0 Å². The van der Waals surface area contributed by atoms with Crippen LogP contribution in [0.4, 0.5) is 0 Å². The summed E-state index contributed by atoms with van der Waals surface area (Å²) in [5.74, 6) is 1.84. The first kappa shape index (κ1) is 18.8. The molecule has 1 saturated heterocycles. The molecule has 2 N–H and O–H groups in total. The molecule has 0 aliphatic carbocycles. The van der Waals surface area contributed by atoms with Gasteiger partial charge in [0.15, 0.2) is 5.96 Å². The molecule has 2 rings (SSSR count). The zero-order valence-corrected chi connectivity index (χ0v) is 15.4. The Balaban J connectivity index is 1.64. The molecule has 24 heavy (non-hydrogen) atoms. The predicted octanol–water partition coefficient (Wildman–Crippen LogP) is 2.91. The highest BCUT2D eigenvalue weighted by molar-refractivity contribution is 5.79. The van der Waals surface area contributed by atoms with E-state index in [2.05, 4.69) is 59.8 Å². The van der Waals surface area contributed by atoms with Crippen molar-refractivity contribution in [3.63, 3.8) is 0 Å². The molecule has 0 saturated carbocycles. The molecule has 1 aromatic rings. The average molecular weight is 331 g/mol. The van der Waals surface area contributed by atoms with Crippen molar-refractivity contribution in [1.82, 2.24) is 15.5 Å². The molecule has 0 spiro atoms. The molecule has 1 aromatic carbocycles. The fraction of sp³-hybridized carbons (Fsp3) is 0.650. The van der Waals surface area contributed by atoms with Crippen LogP contribution in [0.1, 0.15) is 38.2 Å². The second kappa shape index (κ2) is 11.1. The van der Waals surface area contributed by atoms with Gasteiger partial charge in [0.2, 0.25) is 0 Å². The summed E-state index contributed by atoms with van der Waals surface area (Å²) in [5, 5.41) is 6.86. The Kier molecular flexibility index (Phi) is 8.67. The number of aryl methyl sites for hydroxylation is 1. The summed E-state index contributed by atoms with van der Waals surface area (Å²) in [6, 6.07) is 10.7. The summed E-state index contributed by atoms with van der Waals surface area (Å²) >= 11 is 0. The van der Waals surface area contributed by atoms with Gasteiger partial charge in [-0.2, -0.15) is 0 Å². The number of rotatable bonds is 8. The Morgan fingerprint density at radius 3 is 2.62 bits per heavy atom. The fourth-order valence-electron chi connectivity index (χ4n) is 3.21. The van der Waals surface area contributed by atoms with E-state index < -0.39 is 0 Å². The molecular weight excluding hydrogens is 296 g/mol. The quantitative estimate of drug-likeness (QED) is 0.437. The van der Waals surface area contributed by atoms with E-state index in [1.54, 1.807) is 0 Å². The Labute approximate surface area is 147 Å². The SMILES string of the molecule is CCNC(=NCCCc1ccccc1)NCCC1CCN(C)CC1. The molecule has 0 atom stereocenters. The number of nitrogens with one attached hydrogen (secondary N) is 2. The minimum Gasteiger partial charge on any atom is -0.357 e. The third-order valence-corrected chi connectivity index (χ3v) is 4.76. The van der Waals surface area contributed by atoms with Crippen LogP contribution in [0, 0.1) is 5.92 Å². The summed E-state index contributed by atoms with van der Waals surface area (Å²) in [6.45, 7) is 7.44. The highest BCUT2D eigenvalue weighted by Gasteiger charge is 2.16. The number of aliphatic imine (C=N–C) groups is 1. The normalized spacial score (nSPS) is 17.0. The molecule has 1 aliphatic rings. The Morgan fingerprint density at radius 2 is 1.92 bits per heavy atom. The molecule has 4 nitrogen and oxygen atoms in total. The molecule has 1 aliphatic heterocycles. The van der Waals surface area contributed by atoms with Crippen LogP contribution in [0.25, 0.3) is 0 Å². The van der Waals surface area contributed by atoms with Gasteiger partial charge in [-0.1, -0.05) is 30.3 Å². The number of guanidine groups is 1. The van der Waals surface area contributed by atoms with Crippen molar-refractivity contribution in [1.29, 1.82) is 0 Å². The molecular formula is C20H34N4. The monoisotopic (exact) mass is 330 g/mol. The van der Waals surface area contributed by atoms with Gasteiger partial charge < -0.3 is 15.5 Å². The molecule has 134 valence electrons. The number of hydrogen-bond donors (Lipinski definition) is 2. The van der Waals surface area contributed by atoms with Crippen molar-refractivity contribution < 1.29 is 0 Å². The summed E-state index contributed by atoms with van der Waals surface area (Å²) < 4.78 is 0. The van der Waals surface area contributed by atoms with Gasteiger partial charge >= 0.3 is 0 Å². The van der Waals surface area contributed by atoms with Crippen LogP contribution in [0.3, 0.4) is 0 Å². The maximum atomic E-state index is 4.71. The second-order valence-electron chi connectivity index (χ2n) is 6.81. The minimum atomic E-state index is 0.870. The lowest BCUT2D eigenvalue weighted by atomic mass is 9.94. The lowest BCUT2D eigenvalue weighted by Crippen LogP contribution is -2.39. The van der Waals surface area contributed by atoms with Crippen molar-refractivity contribution in [2.45, 2.75) is 39.0 Å². The van der Waals surface area contributed by atoms with Crippen LogP contribution in [0.5, 0.6) is 0 Å². The molecule has 0 unspecified atom stereocenters. The smallest absolute Gasteiger partial charge is 0.191 e. The number of likely N-dealkylation sites (tertiary alicyclic amines) is 1. The van der Waals surface area contributed by atoms with Crippen molar-refractivity contribution >= 4 is 5.96 Å². The Hall–Kier alpha value is -1.55. The van der Waals surface area contributed by atoms with Crippen LogP contribution in [0.15, 0.2) is 35.3 Å². The van der Waals surface area contributed by atoms with Gasteiger partial charge in [-0.15, -0.1) is 0 Å². The standard InChI is InChI=1S/C20H34N4/c1-3-21-20(22-14-7-10-18-8-5-4-6-9-18)23-15-11-19-12-16-24(2)17-13-19/h4-6,8-9,19H,3,7,10-17H2,1-2H3,(H2,21,22,23). The number of hydrogen-bond acceptors (Lipinski definition) is 2. The molecule has 1 fully saturated rings. The lowest BCUT2D eigenvalue weighted by molar-refractivity contribution is 0.213. The molecule has 1 heterocycles. The van der Waals surface area contributed by atoms with Gasteiger partial charge in [-0.3, -0.25) is 4.99 Å². The maximum absolute atomic E-state index is 4.71. The molecule has 4 heteroatoms. The van der Waals surface area contributed by atoms with Crippen molar-refractivity contribution in [2.75, 3.05) is 39.8 Å². The molecule has 0 amide bonds. The lowest BCUT2D eigenvalue weighted by Gasteiger charge is -2.29. The first-order valence-electron chi connectivity index (χ1n) is 9.52. The summed E-state index contributed by atoms with van der Waals surface area (Å²) in [5.41, 5.74) is 1.40. The topological polar surface area (TPSA) is 39.7 Å². The first-order valence-corrected chi connectivity index (χ1v) is 9.52. The van der Waals surface area contributed by atoms with Crippen LogP contribution >= 0.6 is 0 Å². The van der Waals surface area contributed by atoms with E-state index in [0.717, 1.165) is 44.4 Å². The third-order valence-electron chi connectivity index (χ3n) is 4.76. The van der Waals surface area contributed by atoms with E-state index in [4.69, 9.17) is 4.99 Å². The summed E-state index contributed by atoms with van der Waals surface area (Å²) in [6.07, 6.45) is 6.11. The van der Waals surface area contributed by atoms with Gasteiger partial charge in [0, 0.05) is 19.6 Å². The number of nitrogens with zero attached hydrogens (tertiary/aromatic N) is 2. The third kappa shape index (κ3) is 7.35. The minimum absolute atomic E-state index is 0.870. The van der Waals surface area contributed by atoms with Crippen LogP contribution in [-0.4, -0.2) is 50.6 Å². The van der Waals surface area contributed by atoms with E-state index in [0.29, 0.717) is 0 Å². The fourth-order valence-corrected chi connectivity index (χ4v) is 3.21. The van der Waals surface area contributed by atoms with Gasteiger partial charge in [-0.25, -0.2) is 0 Å². The average Bonchev–Trinajstić information content (AvgIpc) is 2.61. The van der Waals surface area contributed by atoms with Gasteiger partial charge in [0.1, 0.15) is 0 Å². The number of piperidine rings is 1. The van der Waals surface area contributed by atoms with Crippen molar-refractivity contribution in [3.05, 3.63) is 35.9 Å². The van der Waals surface area contributed by atoms with E-state index >= 15 is 0 Å². The predicted molar refractivity (Wildman–Crippen MR) is 104 cm³/mol. The van der Waals surface area contributed by atoms with Gasteiger partial charge in [-0.05, 0) is 70.6 Å². The van der Waals surface area contributed by atoms with Crippen LogP contribution < -0.4 is 10.6 Å². The molecule has 0 aromatic heterocycles. The Bertz CT molecular complexity index is 464. The Morgan fingerprint density at radius 1 is 1.17 bits per heavy atom. The first-order chi connectivity index (χ1) is 11.8. The summed E-state index contributed by atoms with van der Waals surface area (Å²) in [7, 11) is 2.22. The van der Waals surface area contributed by atoms with Crippen molar-refractivity contribution in [3.8, 4) is 0 Å². The van der Waals surface area contributed by atoms with Crippen molar-refractivity contribution in [2.24, 2.45) is 10.9 Å². The summed E-state index contributed by atoms with van der Waals surface area (Å²) in [4.78, 5) is 7.14. The van der Waals surface area contributed by atoms with E-state index in [1.807, 2.05) is 0 Å². The zero-order chi connectivity index (χ0) is 17.0. The maximum Gasteiger partial charge on any atom is 0.191 e. The van der Waals surface area contributed by atoms with Crippen LogP contribution in [0.2, 0.25) is 0 Å². The molecule has 0 radical (unpaired) electrons. The second-order valence-corrected chi connectivity index (χ2v) is 6.81. The largest absolute Gasteiger partial charge is 0.357 e. The van der Waals surface area contributed by atoms with Gasteiger partial charge in [0.05, 0.1) is 0 Å². The van der Waals surface area contributed by atoms with E-state index in [9.17, 15) is 0 Å².